The smallest absolute Gasteiger partial charge is 0.161 e. The summed E-state index contributed by atoms with van der Waals surface area (Å²) in [6.45, 7) is 1.48. The Morgan fingerprint density at radius 1 is 1.15 bits per heavy atom. The summed E-state index contributed by atoms with van der Waals surface area (Å²) in [5.74, 6) is 2.43. The lowest BCUT2D eigenvalue weighted by Gasteiger charge is -2.07. The molecule has 2 rings (SSSR count). The Morgan fingerprint density at radius 2 is 1.92 bits per heavy atom. The molecule has 0 fully saturated rings. The van der Waals surface area contributed by atoms with Gasteiger partial charge >= 0.3 is 0 Å². The average molecular weight is 196 g/mol. The highest BCUT2D eigenvalue weighted by Crippen LogP contribution is 2.30. The van der Waals surface area contributed by atoms with Crippen molar-refractivity contribution in [2.45, 2.75) is 12.2 Å². The molecule has 1 aliphatic rings. The van der Waals surface area contributed by atoms with Gasteiger partial charge in [-0.1, -0.05) is 6.07 Å². The molecule has 1 aliphatic heterocycles. The van der Waals surface area contributed by atoms with Gasteiger partial charge in [0.1, 0.15) is 0 Å². The Morgan fingerprint density at radius 3 is 2.69 bits per heavy atom. The zero-order valence-corrected chi connectivity index (χ0v) is 8.22. The summed E-state index contributed by atoms with van der Waals surface area (Å²) >= 11 is 4.21. The van der Waals surface area contributed by atoms with Gasteiger partial charge in [-0.25, -0.2) is 0 Å². The highest BCUT2D eigenvalue weighted by atomic mass is 32.1. The minimum Gasteiger partial charge on any atom is -0.490 e. The molecule has 0 aliphatic carbocycles. The van der Waals surface area contributed by atoms with E-state index >= 15 is 0 Å². The first kappa shape index (κ1) is 8.75. The topological polar surface area (TPSA) is 18.5 Å². The van der Waals surface area contributed by atoms with Crippen molar-refractivity contribution in [3.8, 4) is 11.5 Å². The van der Waals surface area contributed by atoms with Crippen molar-refractivity contribution in [2.75, 3.05) is 13.2 Å². The molecule has 0 unspecified atom stereocenters. The van der Waals surface area contributed by atoms with Crippen molar-refractivity contribution in [1.29, 1.82) is 0 Å². The summed E-state index contributed by atoms with van der Waals surface area (Å²) in [5, 5.41) is 0. The molecule has 0 spiro atoms. The first-order valence-electron chi connectivity index (χ1n) is 4.39. The Balaban J connectivity index is 2.32. The predicted octanol–water partition coefficient (Wildman–Crippen LogP) is 2.28. The maximum Gasteiger partial charge on any atom is 0.161 e. The van der Waals surface area contributed by atoms with Crippen molar-refractivity contribution in [2.24, 2.45) is 0 Å². The van der Waals surface area contributed by atoms with Gasteiger partial charge in [0.05, 0.1) is 13.2 Å². The second-order valence-corrected chi connectivity index (χ2v) is 3.31. The van der Waals surface area contributed by atoms with Crippen LogP contribution in [-0.4, -0.2) is 13.2 Å². The van der Waals surface area contributed by atoms with Gasteiger partial charge in [-0.3, -0.25) is 0 Å². The molecule has 1 heterocycles. The van der Waals surface area contributed by atoms with Crippen LogP contribution in [0.25, 0.3) is 0 Å². The van der Waals surface area contributed by atoms with E-state index < -0.39 is 0 Å². The zero-order chi connectivity index (χ0) is 9.10. The maximum atomic E-state index is 5.53. The normalized spacial score (nSPS) is 15.2. The zero-order valence-electron chi connectivity index (χ0n) is 7.32. The van der Waals surface area contributed by atoms with Gasteiger partial charge in [0.15, 0.2) is 11.5 Å². The van der Waals surface area contributed by atoms with Crippen molar-refractivity contribution >= 4 is 12.6 Å². The van der Waals surface area contributed by atoms with Crippen LogP contribution in [0.1, 0.15) is 12.0 Å². The third-order valence-corrected chi connectivity index (χ3v) is 2.36. The summed E-state index contributed by atoms with van der Waals surface area (Å²) in [6, 6.07) is 5.96. The number of hydrogen-bond acceptors (Lipinski definition) is 3. The minimum atomic E-state index is 0.733. The summed E-state index contributed by atoms with van der Waals surface area (Å²) in [7, 11) is 0. The van der Waals surface area contributed by atoms with E-state index in [0.717, 1.165) is 42.4 Å². The summed E-state index contributed by atoms with van der Waals surface area (Å²) < 4.78 is 11.0. The van der Waals surface area contributed by atoms with Crippen LogP contribution in [0.15, 0.2) is 18.2 Å². The molecular weight excluding hydrogens is 184 g/mol. The molecule has 0 radical (unpaired) electrons. The lowest BCUT2D eigenvalue weighted by atomic mass is 10.2. The van der Waals surface area contributed by atoms with E-state index in [2.05, 4.69) is 12.6 Å². The molecule has 0 bridgehead atoms. The molecule has 2 nitrogen and oxygen atoms in total. The second kappa shape index (κ2) is 3.92. The van der Waals surface area contributed by atoms with E-state index in [1.165, 1.54) is 0 Å². The number of thiol groups is 1. The largest absolute Gasteiger partial charge is 0.490 e. The second-order valence-electron chi connectivity index (χ2n) is 2.99. The van der Waals surface area contributed by atoms with Crippen LogP contribution < -0.4 is 9.47 Å². The molecule has 0 saturated heterocycles. The van der Waals surface area contributed by atoms with Crippen molar-refractivity contribution < 1.29 is 9.47 Å². The Labute approximate surface area is 83.3 Å². The molecule has 3 heteroatoms. The molecule has 0 aromatic heterocycles. The van der Waals surface area contributed by atoms with Crippen molar-refractivity contribution in [3.05, 3.63) is 23.8 Å². The van der Waals surface area contributed by atoms with E-state index in [1.807, 2.05) is 18.2 Å². The van der Waals surface area contributed by atoms with Crippen LogP contribution in [0.2, 0.25) is 0 Å². The summed E-state index contributed by atoms with van der Waals surface area (Å²) in [6.07, 6.45) is 0.949. The van der Waals surface area contributed by atoms with E-state index in [1.54, 1.807) is 0 Å². The summed E-state index contributed by atoms with van der Waals surface area (Å²) in [5.41, 5.74) is 1.16. The van der Waals surface area contributed by atoms with Gasteiger partial charge in [0, 0.05) is 12.2 Å². The fourth-order valence-electron chi connectivity index (χ4n) is 1.31. The van der Waals surface area contributed by atoms with Gasteiger partial charge in [-0.05, 0) is 17.7 Å². The fraction of sp³-hybridized carbons (Fsp3) is 0.400. The SMILES string of the molecule is SCc1ccc2c(c1)OCCCO2. The lowest BCUT2D eigenvalue weighted by molar-refractivity contribution is 0.297. The van der Waals surface area contributed by atoms with Crippen LogP contribution in [0.4, 0.5) is 0 Å². The fourth-order valence-corrected chi connectivity index (χ4v) is 1.50. The molecule has 1 aromatic carbocycles. The van der Waals surface area contributed by atoms with Crippen molar-refractivity contribution in [1.82, 2.24) is 0 Å². The minimum absolute atomic E-state index is 0.733. The quantitative estimate of drug-likeness (QED) is 0.695. The number of rotatable bonds is 1. The van der Waals surface area contributed by atoms with Gasteiger partial charge in [-0.15, -0.1) is 0 Å². The molecule has 0 N–H and O–H groups in total. The van der Waals surface area contributed by atoms with Gasteiger partial charge in [0.2, 0.25) is 0 Å². The van der Waals surface area contributed by atoms with Crippen LogP contribution in [0, 0.1) is 0 Å². The number of benzene rings is 1. The van der Waals surface area contributed by atoms with E-state index in [0.29, 0.717) is 0 Å². The Bertz CT molecular complexity index is 299. The molecule has 13 heavy (non-hydrogen) atoms. The molecule has 1 aromatic rings. The van der Waals surface area contributed by atoms with Gasteiger partial charge in [0.25, 0.3) is 0 Å². The van der Waals surface area contributed by atoms with Crippen LogP contribution in [0.5, 0.6) is 11.5 Å². The Kier molecular flexibility index (Phi) is 2.64. The number of hydrogen-bond donors (Lipinski definition) is 1. The van der Waals surface area contributed by atoms with Crippen LogP contribution in [0.3, 0.4) is 0 Å². The monoisotopic (exact) mass is 196 g/mol. The Hall–Kier alpha value is -0.830. The predicted molar refractivity (Wildman–Crippen MR) is 54.7 cm³/mol. The highest BCUT2D eigenvalue weighted by molar-refractivity contribution is 7.79. The third-order valence-electron chi connectivity index (χ3n) is 1.99. The number of fused-ring (bicyclic) bond motifs is 1. The molecule has 0 amide bonds. The third kappa shape index (κ3) is 1.91. The standard InChI is InChI=1S/C10H12O2S/c13-7-8-2-3-9-10(6-8)12-5-1-4-11-9/h2-3,6,13H,1,4-5,7H2. The van der Waals surface area contributed by atoms with E-state index in [9.17, 15) is 0 Å². The lowest BCUT2D eigenvalue weighted by Crippen LogP contribution is -1.97. The first-order chi connectivity index (χ1) is 6.40. The first-order valence-corrected chi connectivity index (χ1v) is 5.03. The molecular formula is C10H12O2S. The van der Waals surface area contributed by atoms with E-state index in [4.69, 9.17) is 9.47 Å². The molecule has 0 saturated carbocycles. The van der Waals surface area contributed by atoms with E-state index in [-0.39, 0.29) is 0 Å². The highest BCUT2D eigenvalue weighted by Gasteiger charge is 2.09. The maximum absolute atomic E-state index is 5.53. The van der Waals surface area contributed by atoms with Crippen LogP contribution in [-0.2, 0) is 5.75 Å². The van der Waals surface area contributed by atoms with Gasteiger partial charge in [-0.2, -0.15) is 12.6 Å². The molecule has 0 atom stereocenters. The molecule has 70 valence electrons. The van der Waals surface area contributed by atoms with Crippen molar-refractivity contribution in [3.63, 3.8) is 0 Å². The average Bonchev–Trinajstić information content (AvgIpc) is 2.41. The number of ether oxygens (including phenoxy) is 2. The van der Waals surface area contributed by atoms with Gasteiger partial charge < -0.3 is 9.47 Å². The van der Waals surface area contributed by atoms with Crippen LogP contribution >= 0.6 is 12.6 Å². The summed E-state index contributed by atoms with van der Waals surface area (Å²) in [4.78, 5) is 0.